The largest absolute Gasteiger partial charge is 0.388 e. The van der Waals surface area contributed by atoms with E-state index in [2.05, 4.69) is 9.80 Å². The third-order valence-electron chi connectivity index (χ3n) is 4.89. The second kappa shape index (κ2) is 5.38. The smallest absolute Gasteiger partial charge is 0.0911 e. The number of ether oxygens (including phenoxy) is 1. The molecule has 3 rings (SSSR count). The number of nitrogens with two attached hydrogens (primary N) is 1. The molecule has 5 heteroatoms. The fraction of sp³-hybridized carbons (Fsp3) is 0.929. The van der Waals surface area contributed by atoms with Gasteiger partial charge in [0.05, 0.1) is 19.0 Å². The molecule has 0 aromatic rings. The molecule has 1 aliphatic carbocycles. The molecule has 3 N–H and O–H groups in total. The van der Waals surface area contributed by atoms with Gasteiger partial charge in [-0.05, 0) is 31.2 Å². The molecule has 19 heavy (non-hydrogen) atoms. The first-order valence-corrected chi connectivity index (χ1v) is 7.54. The Hall–Kier alpha value is -0.650. The van der Waals surface area contributed by atoms with Crippen LogP contribution in [0.5, 0.6) is 0 Å². The Balaban J connectivity index is 1.48. The van der Waals surface area contributed by atoms with Gasteiger partial charge >= 0.3 is 0 Å². The zero-order valence-corrected chi connectivity index (χ0v) is 11.7. The number of hydrogen-bond acceptors (Lipinski definition) is 4. The molecule has 0 radical (unpaired) electrons. The molecule has 1 saturated carbocycles. The quantitative estimate of drug-likeness (QED) is 0.562. The molecule has 3 fully saturated rings. The fourth-order valence-corrected chi connectivity index (χ4v) is 3.64. The molecule has 108 valence electrons. The summed E-state index contributed by atoms with van der Waals surface area (Å²) < 4.78 is 5.43. The van der Waals surface area contributed by atoms with Crippen LogP contribution in [0.3, 0.4) is 0 Å². The van der Waals surface area contributed by atoms with Crippen molar-refractivity contribution in [3.8, 4) is 0 Å². The summed E-state index contributed by atoms with van der Waals surface area (Å²) in [5, 5.41) is 7.50. The van der Waals surface area contributed by atoms with Gasteiger partial charge in [-0.25, -0.2) is 0 Å². The van der Waals surface area contributed by atoms with E-state index in [-0.39, 0.29) is 0 Å². The van der Waals surface area contributed by atoms with Crippen LogP contribution in [0.2, 0.25) is 0 Å². The Morgan fingerprint density at radius 2 is 2.00 bits per heavy atom. The Morgan fingerprint density at radius 3 is 2.63 bits per heavy atom. The Bertz CT molecular complexity index is 336. The highest BCUT2D eigenvalue weighted by molar-refractivity contribution is 5.78. The third kappa shape index (κ3) is 3.27. The van der Waals surface area contributed by atoms with E-state index in [0.717, 1.165) is 45.3 Å². The molecule has 5 nitrogen and oxygen atoms in total. The molecule has 0 aromatic heterocycles. The molecule has 1 atom stereocenters. The number of hydrogen-bond donors (Lipinski definition) is 2. The minimum absolute atomic E-state index is 0.353. The molecule has 2 heterocycles. The van der Waals surface area contributed by atoms with Gasteiger partial charge in [-0.1, -0.05) is 0 Å². The molecule has 2 saturated heterocycles. The predicted molar refractivity (Wildman–Crippen MR) is 75.4 cm³/mol. The van der Waals surface area contributed by atoms with Crippen molar-refractivity contribution in [2.45, 2.75) is 31.7 Å². The van der Waals surface area contributed by atoms with E-state index in [0.29, 0.717) is 11.3 Å². The van der Waals surface area contributed by atoms with Crippen LogP contribution in [-0.4, -0.2) is 67.6 Å². The number of nitrogens with zero attached hydrogens (tertiary/aromatic N) is 2. The van der Waals surface area contributed by atoms with E-state index in [4.69, 9.17) is 15.9 Å². The summed E-state index contributed by atoms with van der Waals surface area (Å²) >= 11 is 0. The van der Waals surface area contributed by atoms with Crippen LogP contribution in [-0.2, 0) is 4.74 Å². The molecule has 0 aromatic carbocycles. The van der Waals surface area contributed by atoms with E-state index < -0.39 is 0 Å². The molecule has 0 spiro atoms. The highest BCUT2D eigenvalue weighted by Crippen LogP contribution is 2.49. The van der Waals surface area contributed by atoms with Crippen molar-refractivity contribution in [2.24, 2.45) is 11.1 Å². The third-order valence-corrected chi connectivity index (χ3v) is 4.89. The molecular weight excluding hydrogens is 240 g/mol. The van der Waals surface area contributed by atoms with Crippen LogP contribution >= 0.6 is 0 Å². The summed E-state index contributed by atoms with van der Waals surface area (Å²) in [7, 11) is 0. The maximum Gasteiger partial charge on any atom is 0.0911 e. The van der Waals surface area contributed by atoms with Gasteiger partial charge < -0.3 is 15.4 Å². The zero-order valence-electron chi connectivity index (χ0n) is 11.7. The van der Waals surface area contributed by atoms with Gasteiger partial charge in [-0.2, -0.15) is 0 Å². The van der Waals surface area contributed by atoms with Gasteiger partial charge in [0.1, 0.15) is 0 Å². The molecule has 3 aliphatic rings. The van der Waals surface area contributed by atoms with E-state index in [1.807, 2.05) is 0 Å². The summed E-state index contributed by atoms with van der Waals surface area (Å²) in [6.07, 6.45) is 4.60. The second-order valence-corrected chi connectivity index (χ2v) is 6.53. The number of morpholine rings is 1. The number of rotatable bonds is 5. The van der Waals surface area contributed by atoms with Crippen LogP contribution in [0.4, 0.5) is 0 Å². The van der Waals surface area contributed by atoms with E-state index in [1.165, 1.54) is 32.4 Å². The monoisotopic (exact) mass is 266 g/mol. The lowest BCUT2D eigenvalue weighted by Gasteiger charge is -2.32. The maximum absolute atomic E-state index is 7.50. The first-order chi connectivity index (χ1) is 9.17. The Kier molecular flexibility index (Phi) is 3.78. The van der Waals surface area contributed by atoms with Gasteiger partial charge in [0.2, 0.25) is 0 Å². The van der Waals surface area contributed by atoms with Crippen molar-refractivity contribution in [1.82, 2.24) is 9.80 Å². The maximum atomic E-state index is 7.50. The molecule has 1 unspecified atom stereocenters. The summed E-state index contributed by atoms with van der Waals surface area (Å²) in [6.45, 7) is 7.53. The van der Waals surface area contributed by atoms with Gasteiger partial charge in [0.15, 0.2) is 0 Å². The summed E-state index contributed by atoms with van der Waals surface area (Å²) in [5.41, 5.74) is 5.93. The Labute approximate surface area is 115 Å². The standard InChI is InChI=1S/C14H26N4O/c15-13(16)9-14(2-3-14)11-17-4-1-12(10-17)18-5-7-19-8-6-18/h12H,1-11H2,(H3,15,16). The highest BCUT2D eigenvalue weighted by atomic mass is 16.5. The van der Waals surface area contributed by atoms with Crippen LogP contribution in [0.15, 0.2) is 0 Å². The zero-order chi connectivity index (χ0) is 13.3. The van der Waals surface area contributed by atoms with Crippen molar-refractivity contribution in [2.75, 3.05) is 45.9 Å². The SMILES string of the molecule is N=C(N)CC1(CN2CCC(N3CCOCC3)C2)CC1. The van der Waals surface area contributed by atoms with Crippen molar-refractivity contribution < 1.29 is 4.74 Å². The van der Waals surface area contributed by atoms with Gasteiger partial charge in [-0.3, -0.25) is 10.3 Å². The molecule has 2 aliphatic heterocycles. The number of nitrogens with one attached hydrogen (secondary N) is 1. The highest BCUT2D eigenvalue weighted by Gasteiger charge is 2.45. The van der Waals surface area contributed by atoms with Crippen LogP contribution in [0.1, 0.15) is 25.7 Å². The molecule has 0 bridgehead atoms. The molecular formula is C14H26N4O. The van der Waals surface area contributed by atoms with Crippen molar-refractivity contribution in [1.29, 1.82) is 5.41 Å². The van der Waals surface area contributed by atoms with Gasteiger partial charge in [0.25, 0.3) is 0 Å². The van der Waals surface area contributed by atoms with Gasteiger partial charge in [-0.15, -0.1) is 0 Å². The summed E-state index contributed by atoms with van der Waals surface area (Å²) in [4.78, 5) is 5.18. The summed E-state index contributed by atoms with van der Waals surface area (Å²) in [5.74, 6) is 0.362. The predicted octanol–water partition coefficient (Wildman–Crippen LogP) is 0.499. The first kappa shape index (κ1) is 13.3. The second-order valence-electron chi connectivity index (χ2n) is 6.53. The van der Waals surface area contributed by atoms with Gasteiger partial charge in [0, 0.05) is 38.6 Å². The van der Waals surface area contributed by atoms with Crippen LogP contribution in [0.25, 0.3) is 0 Å². The van der Waals surface area contributed by atoms with E-state index >= 15 is 0 Å². The minimum Gasteiger partial charge on any atom is -0.388 e. The first-order valence-electron chi connectivity index (χ1n) is 7.54. The summed E-state index contributed by atoms with van der Waals surface area (Å²) in [6, 6.07) is 0.719. The average molecular weight is 266 g/mol. The minimum atomic E-state index is 0.353. The molecule has 0 amide bonds. The topological polar surface area (TPSA) is 65.6 Å². The lowest BCUT2D eigenvalue weighted by atomic mass is 10.0. The number of amidine groups is 1. The lowest BCUT2D eigenvalue weighted by Crippen LogP contribution is -2.45. The Morgan fingerprint density at radius 1 is 1.26 bits per heavy atom. The fourth-order valence-electron chi connectivity index (χ4n) is 3.64. The van der Waals surface area contributed by atoms with E-state index in [1.54, 1.807) is 0 Å². The van der Waals surface area contributed by atoms with Crippen LogP contribution in [0, 0.1) is 10.8 Å². The number of likely N-dealkylation sites (tertiary alicyclic amines) is 1. The normalized spacial score (nSPS) is 31.5. The van der Waals surface area contributed by atoms with E-state index in [9.17, 15) is 0 Å². The lowest BCUT2D eigenvalue weighted by molar-refractivity contribution is 0.0181. The van der Waals surface area contributed by atoms with Crippen LogP contribution < -0.4 is 5.73 Å². The van der Waals surface area contributed by atoms with Crippen molar-refractivity contribution >= 4 is 5.84 Å². The average Bonchev–Trinajstić information content (AvgIpc) is 2.97. The van der Waals surface area contributed by atoms with Crippen molar-refractivity contribution in [3.63, 3.8) is 0 Å². The van der Waals surface area contributed by atoms with Crippen molar-refractivity contribution in [3.05, 3.63) is 0 Å².